The van der Waals surface area contributed by atoms with Gasteiger partial charge in [-0.2, -0.15) is 0 Å². The monoisotopic (exact) mass is 210 g/mol. The summed E-state index contributed by atoms with van der Waals surface area (Å²) in [5.74, 6) is 0.375. The largest absolute Gasteiger partial charge is 0.343 e. The van der Waals surface area contributed by atoms with Crippen LogP contribution in [-0.2, 0) is 4.79 Å². The number of nitrogens with zero attached hydrogens (tertiary/aromatic N) is 1. The molecule has 0 aromatic heterocycles. The first kappa shape index (κ1) is 10.9. The van der Waals surface area contributed by atoms with Gasteiger partial charge in [0.2, 0.25) is 5.91 Å². The number of amides is 1. The lowest BCUT2D eigenvalue weighted by atomic mass is 10.0. The first-order valence-electron chi connectivity index (χ1n) is 6.37. The number of rotatable bonds is 3. The van der Waals surface area contributed by atoms with Gasteiger partial charge in [-0.25, -0.2) is 0 Å². The highest BCUT2D eigenvalue weighted by Gasteiger charge is 2.19. The lowest BCUT2D eigenvalue weighted by Crippen LogP contribution is -2.36. The lowest BCUT2D eigenvalue weighted by molar-refractivity contribution is -0.130. The molecule has 0 spiro atoms. The lowest BCUT2D eigenvalue weighted by Gasteiger charge is -2.24. The number of carbonyl (C=O) groups excluding carboxylic acids is 1. The predicted octanol–water partition coefficient (Wildman–Crippen LogP) is 1.53. The molecule has 2 rings (SSSR count). The van der Waals surface area contributed by atoms with Crippen LogP contribution < -0.4 is 5.32 Å². The Morgan fingerprint density at radius 2 is 2.00 bits per heavy atom. The van der Waals surface area contributed by atoms with Gasteiger partial charge in [-0.1, -0.05) is 6.42 Å². The van der Waals surface area contributed by atoms with E-state index in [2.05, 4.69) is 5.32 Å². The van der Waals surface area contributed by atoms with Crippen LogP contribution in [0.25, 0.3) is 0 Å². The molecule has 0 aliphatic carbocycles. The molecule has 2 saturated heterocycles. The normalized spacial score (nSPS) is 26.9. The van der Waals surface area contributed by atoms with Gasteiger partial charge in [-0.3, -0.25) is 4.79 Å². The van der Waals surface area contributed by atoms with E-state index in [0.29, 0.717) is 11.9 Å². The van der Waals surface area contributed by atoms with E-state index in [9.17, 15) is 4.79 Å². The van der Waals surface area contributed by atoms with Crippen molar-refractivity contribution >= 4 is 5.91 Å². The van der Waals surface area contributed by atoms with Crippen molar-refractivity contribution in [2.24, 2.45) is 0 Å². The van der Waals surface area contributed by atoms with Crippen LogP contribution in [0.5, 0.6) is 0 Å². The van der Waals surface area contributed by atoms with Crippen molar-refractivity contribution in [3.05, 3.63) is 0 Å². The number of carbonyl (C=O) groups is 1. The second-order valence-electron chi connectivity index (χ2n) is 4.77. The van der Waals surface area contributed by atoms with Crippen molar-refractivity contribution < 1.29 is 4.79 Å². The van der Waals surface area contributed by atoms with Crippen LogP contribution in [0.3, 0.4) is 0 Å². The maximum Gasteiger partial charge on any atom is 0.222 e. The molecule has 0 aromatic rings. The van der Waals surface area contributed by atoms with Gasteiger partial charge in [0.1, 0.15) is 0 Å². The Morgan fingerprint density at radius 3 is 2.67 bits per heavy atom. The van der Waals surface area contributed by atoms with E-state index in [0.717, 1.165) is 32.5 Å². The molecule has 15 heavy (non-hydrogen) atoms. The second kappa shape index (κ2) is 5.50. The maximum absolute atomic E-state index is 11.8. The van der Waals surface area contributed by atoms with Crippen molar-refractivity contribution in [1.82, 2.24) is 10.2 Å². The van der Waals surface area contributed by atoms with E-state index >= 15 is 0 Å². The average Bonchev–Trinajstić information content (AvgIpc) is 2.81. The molecule has 86 valence electrons. The van der Waals surface area contributed by atoms with Gasteiger partial charge in [0.15, 0.2) is 0 Å². The van der Waals surface area contributed by atoms with Crippen molar-refractivity contribution in [3.8, 4) is 0 Å². The van der Waals surface area contributed by atoms with Crippen LogP contribution in [-0.4, -0.2) is 36.5 Å². The fourth-order valence-corrected chi connectivity index (χ4v) is 2.59. The summed E-state index contributed by atoms with van der Waals surface area (Å²) in [5, 5.41) is 3.49. The Balaban J connectivity index is 1.65. The number of hydrogen-bond donors (Lipinski definition) is 1. The number of nitrogens with one attached hydrogen (secondary N) is 1. The van der Waals surface area contributed by atoms with Crippen molar-refractivity contribution in [1.29, 1.82) is 0 Å². The highest BCUT2D eigenvalue weighted by molar-refractivity contribution is 5.76. The van der Waals surface area contributed by atoms with Gasteiger partial charge in [-0.15, -0.1) is 0 Å². The smallest absolute Gasteiger partial charge is 0.222 e. The minimum absolute atomic E-state index is 0.375. The van der Waals surface area contributed by atoms with Crippen molar-refractivity contribution in [3.63, 3.8) is 0 Å². The summed E-state index contributed by atoms with van der Waals surface area (Å²) >= 11 is 0. The van der Waals surface area contributed by atoms with Gasteiger partial charge in [-0.05, 0) is 38.6 Å². The SMILES string of the molecule is O=C(CC[C@@H]1CCCCN1)N1CCCC1. The van der Waals surface area contributed by atoms with Gasteiger partial charge < -0.3 is 10.2 Å². The summed E-state index contributed by atoms with van der Waals surface area (Å²) in [6.07, 6.45) is 8.08. The zero-order chi connectivity index (χ0) is 10.5. The molecule has 1 atom stereocenters. The molecule has 2 heterocycles. The Kier molecular flexibility index (Phi) is 4.01. The average molecular weight is 210 g/mol. The van der Waals surface area contributed by atoms with E-state index in [4.69, 9.17) is 0 Å². The zero-order valence-corrected chi connectivity index (χ0v) is 9.50. The van der Waals surface area contributed by atoms with Gasteiger partial charge in [0.05, 0.1) is 0 Å². The van der Waals surface area contributed by atoms with Crippen LogP contribution in [0.4, 0.5) is 0 Å². The summed E-state index contributed by atoms with van der Waals surface area (Å²) in [6.45, 7) is 3.14. The number of hydrogen-bond acceptors (Lipinski definition) is 2. The van der Waals surface area contributed by atoms with Gasteiger partial charge >= 0.3 is 0 Å². The third-order valence-corrected chi connectivity index (χ3v) is 3.58. The summed E-state index contributed by atoms with van der Waals surface area (Å²) in [6, 6.07) is 0.602. The molecule has 2 aliphatic heterocycles. The molecule has 0 radical (unpaired) electrons. The minimum atomic E-state index is 0.375. The standard InChI is InChI=1S/C12H22N2O/c15-12(14-9-3-4-10-14)7-6-11-5-1-2-8-13-11/h11,13H,1-10H2/t11-/m0/s1. The topological polar surface area (TPSA) is 32.3 Å². The Hall–Kier alpha value is -0.570. The van der Waals surface area contributed by atoms with E-state index in [1.165, 1.54) is 32.1 Å². The molecular formula is C12H22N2O. The van der Waals surface area contributed by atoms with E-state index in [1.807, 2.05) is 4.90 Å². The van der Waals surface area contributed by atoms with E-state index < -0.39 is 0 Å². The van der Waals surface area contributed by atoms with Crippen LogP contribution >= 0.6 is 0 Å². The van der Waals surface area contributed by atoms with Crippen molar-refractivity contribution in [2.75, 3.05) is 19.6 Å². The summed E-state index contributed by atoms with van der Waals surface area (Å²) in [7, 11) is 0. The first-order chi connectivity index (χ1) is 7.36. The number of likely N-dealkylation sites (tertiary alicyclic amines) is 1. The Labute approximate surface area is 92.2 Å². The molecule has 0 unspecified atom stereocenters. The Bertz CT molecular complexity index is 206. The molecule has 2 fully saturated rings. The summed E-state index contributed by atoms with van der Waals surface area (Å²) in [4.78, 5) is 13.8. The highest BCUT2D eigenvalue weighted by atomic mass is 16.2. The third kappa shape index (κ3) is 3.20. The van der Waals surface area contributed by atoms with Crippen molar-refractivity contribution in [2.45, 2.75) is 51.0 Å². The molecule has 2 aliphatic rings. The maximum atomic E-state index is 11.8. The fourth-order valence-electron chi connectivity index (χ4n) is 2.59. The predicted molar refractivity (Wildman–Crippen MR) is 60.7 cm³/mol. The number of piperidine rings is 1. The molecule has 3 nitrogen and oxygen atoms in total. The van der Waals surface area contributed by atoms with Crippen LogP contribution in [0.2, 0.25) is 0 Å². The first-order valence-corrected chi connectivity index (χ1v) is 6.37. The summed E-state index contributed by atoms with van der Waals surface area (Å²) in [5.41, 5.74) is 0. The minimum Gasteiger partial charge on any atom is -0.343 e. The van der Waals surface area contributed by atoms with E-state index in [-0.39, 0.29) is 0 Å². The Morgan fingerprint density at radius 1 is 1.20 bits per heavy atom. The molecule has 0 saturated carbocycles. The quantitative estimate of drug-likeness (QED) is 0.766. The van der Waals surface area contributed by atoms with E-state index in [1.54, 1.807) is 0 Å². The second-order valence-corrected chi connectivity index (χ2v) is 4.77. The summed E-state index contributed by atoms with van der Waals surface area (Å²) < 4.78 is 0. The molecular weight excluding hydrogens is 188 g/mol. The molecule has 0 aromatic carbocycles. The third-order valence-electron chi connectivity index (χ3n) is 3.58. The van der Waals surface area contributed by atoms with Crippen LogP contribution in [0.1, 0.15) is 44.9 Å². The molecule has 3 heteroatoms. The zero-order valence-electron chi connectivity index (χ0n) is 9.50. The fraction of sp³-hybridized carbons (Fsp3) is 0.917. The van der Waals surface area contributed by atoms with Gasteiger partial charge in [0, 0.05) is 25.6 Å². The molecule has 0 bridgehead atoms. The molecule has 1 N–H and O–H groups in total. The van der Waals surface area contributed by atoms with Crippen LogP contribution in [0.15, 0.2) is 0 Å². The molecule has 1 amide bonds. The van der Waals surface area contributed by atoms with Crippen LogP contribution in [0, 0.1) is 0 Å². The van der Waals surface area contributed by atoms with Gasteiger partial charge in [0.25, 0.3) is 0 Å². The highest BCUT2D eigenvalue weighted by Crippen LogP contribution is 2.14.